The zero-order valence-corrected chi connectivity index (χ0v) is 15.9. The van der Waals surface area contributed by atoms with E-state index in [9.17, 15) is 4.79 Å². The molecule has 0 spiro atoms. The number of nitrogens with zero attached hydrogens (tertiary/aromatic N) is 2. The molecule has 4 aromatic rings. The lowest BCUT2D eigenvalue weighted by Crippen LogP contribution is -2.36. The van der Waals surface area contributed by atoms with Crippen LogP contribution in [0.25, 0.3) is 0 Å². The van der Waals surface area contributed by atoms with Crippen LogP contribution < -0.4 is 0 Å². The van der Waals surface area contributed by atoms with E-state index in [0.29, 0.717) is 18.7 Å². The van der Waals surface area contributed by atoms with E-state index in [1.807, 2.05) is 17.0 Å². The Balaban J connectivity index is 1.55. The van der Waals surface area contributed by atoms with Gasteiger partial charge in [-0.1, -0.05) is 60.7 Å². The van der Waals surface area contributed by atoms with Gasteiger partial charge in [-0.15, -0.1) is 0 Å². The number of benzene rings is 2. The molecule has 1 amide bonds. The summed E-state index contributed by atoms with van der Waals surface area (Å²) in [6.45, 7) is 1.21. The van der Waals surface area contributed by atoms with Crippen LogP contribution in [0.5, 0.6) is 0 Å². The van der Waals surface area contributed by atoms with Crippen LogP contribution in [0.4, 0.5) is 0 Å². The predicted molar refractivity (Wildman–Crippen MR) is 110 cm³/mol. The summed E-state index contributed by atoms with van der Waals surface area (Å²) in [7, 11) is 0. The first-order chi connectivity index (χ1) is 14.3. The van der Waals surface area contributed by atoms with Gasteiger partial charge in [0.15, 0.2) is 0 Å². The molecule has 29 heavy (non-hydrogen) atoms. The number of carbonyl (C=O) groups excluding carboxylic acids is 1. The Hall–Kier alpha value is -3.60. The fourth-order valence-corrected chi connectivity index (χ4v) is 4.10. The van der Waals surface area contributed by atoms with Gasteiger partial charge in [0.2, 0.25) is 0 Å². The fourth-order valence-electron chi connectivity index (χ4n) is 4.10. The first kappa shape index (κ1) is 17.5. The number of carbonyl (C=O) groups is 1. The molecule has 0 fully saturated rings. The number of furan rings is 1. The highest BCUT2D eigenvalue weighted by molar-refractivity contribution is 5.94. The number of hydrogen-bond donors (Lipinski definition) is 1. The van der Waals surface area contributed by atoms with Crippen molar-refractivity contribution in [1.29, 1.82) is 0 Å². The molecule has 0 aliphatic carbocycles. The Morgan fingerprint density at radius 3 is 2.31 bits per heavy atom. The minimum absolute atomic E-state index is 0.00692. The number of amides is 1. The third-order valence-corrected chi connectivity index (χ3v) is 5.56. The highest BCUT2D eigenvalue weighted by Crippen LogP contribution is 2.35. The third kappa shape index (κ3) is 3.25. The maximum absolute atomic E-state index is 12.8. The maximum Gasteiger partial charge on any atom is 0.257 e. The zero-order valence-electron chi connectivity index (χ0n) is 15.9. The molecule has 5 rings (SSSR count). The molecular formula is C24H21N3O2. The Morgan fingerprint density at radius 1 is 1.00 bits per heavy atom. The van der Waals surface area contributed by atoms with Crippen molar-refractivity contribution in [2.75, 3.05) is 6.54 Å². The van der Waals surface area contributed by atoms with Crippen LogP contribution in [0.2, 0.25) is 0 Å². The molecule has 5 nitrogen and oxygen atoms in total. The van der Waals surface area contributed by atoms with Crippen LogP contribution in [0.15, 0.2) is 83.7 Å². The summed E-state index contributed by atoms with van der Waals surface area (Å²) in [5.41, 5.74) is 6.18. The standard InChI is InChI=1S/C24H21N3O2/c28-24(19-12-14-29-16-19)27-13-11-21-20(15-27)23(26-25-21)22(17-7-3-1-4-8-17)18-9-5-2-6-10-18/h1-10,12,14,16,22H,11,13,15H2,(H,25,26). The molecule has 0 bridgehead atoms. The van der Waals surface area contributed by atoms with Crippen molar-refractivity contribution in [2.45, 2.75) is 18.9 Å². The van der Waals surface area contributed by atoms with E-state index < -0.39 is 0 Å². The van der Waals surface area contributed by atoms with E-state index in [4.69, 9.17) is 9.52 Å². The van der Waals surface area contributed by atoms with Crippen molar-refractivity contribution in [3.8, 4) is 0 Å². The van der Waals surface area contributed by atoms with Crippen molar-refractivity contribution in [2.24, 2.45) is 0 Å². The van der Waals surface area contributed by atoms with E-state index in [-0.39, 0.29) is 11.8 Å². The second-order valence-corrected chi connectivity index (χ2v) is 7.31. The molecule has 2 aromatic carbocycles. The second-order valence-electron chi connectivity index (χ2n) is 7.31. The topological polar surface area (TPSA) is 62.1 Å². The lowest BCUT2D eigenvalue weighted by Gasteiger charge is -2.28. The van der Waals surface area contributed by atoms with Gasteiger partial charge >= 0.3 is 0 Å². The smallest absolute Gasteiger partial charge is 0.257 e. The molecule has 1 N–H and O–H groups in total. The van der Waals surface area contributed by atoms with E-state index >= 15 is 0 Å². The summed E-state index contributed by atoms with van der Waals surface area (Å²) in [6.07, 6.45) is 3.81. The molecule has 1 aliphatic rings. The molecule has 0 saturated carbocycles. The van der Waals surface area contributed by atoms with Gasteiger partial charge in [-0.25, -0.2) is 0 Å². The monoisotopic (exact) mass is 383 g/mol. The minimum atomic E-state index is -0.00692. The molecule has 0 unspecified atom stereocenters. The SMILES string of the molecule is O=C(c1ccoc1)N1CCc2[nH]nc(C(c3ccccc3)c3ccccc3)c2C1. The van der Waals surface area contributed by atoms with Gasteiger partial charge in [0.25, 0.3) is 5.91 Å². The quantitative estimate of drug-likeness (QED) is 0.569. The van der Waals surface area contributed by atoms with Crippen molar-refractivity contribution in [1.82, 2.24) is 15.1 Å². The normalized spacial score (nSPS) is 13.5. The Kier molecular flexibility index (Phi) is 4.48. The summed E-state index contributed by atoms with van der Waals surface area (Å²) in [4.78, 5) is 14.7. The molecule has 0 saturated heterocycles. The van der Waals surface area contributed by atoms with Gasteiger partial charge in [-0.2, -0.15) is 5.10 Å². The second kappa shape index (κ2) is 7.43. The van der Waals surface area contributed by atoms with Crippen LogP contribution >= 0.6 is 0 Å². The van der Waals surface area contributed by atoms with E-state index in [1.165, 1.54) is 23.7 Å². The summed E-state index contributed by atoms with van der Waals surface area (Å²) >= 11 is 0. The van der Waals surface area contributed by atoms with E-state index in [0.717, 1.165) is 23.4 Å². The average Bonchev–Trinajstić information content (AvgIpc) is 3.45. The van der Waals surface area contributed by atoms with Crippen LogP contribution in [0.3, 0.4) is 0 Å². The summed E-state index contributed by atoms with van der Waals surface area (Å²) in [5.74, 6) is 0.00824. The fraction of sp³-hybridized carbons (Fsp3) is 0.167. The summed E-state index contributed by atoms with van der Waals surface area (Å²) in [6, 6.07) is 22.5. The van der Waals surface area contributed by atoms with Gasteiger partial charge in [0.1, 0.15) is 6.26 Å². The van der Waals surface area contributed by atoms with Crippen molar-refractivity contribution >= 4 is 5.91 Å². The van der Waals surface area contributed by atoms with Crippen molar-refractivity contribution in [3.63, 3.8) is 0 Å². The van der Waals surface area contributed by atoms with Crippen LogP contribution in [0, 0.1) is 0 Å². The predicted octanol–water partition coefficient (Wildman–Crippen LogP) is 4.38. The van der Waals surface area contributed by atoms with Crippen LogP contribution in [0.1, 0.15) is 44.4 Å². The van der Waals surface area contributed by atoms with E-state index in [1.54, 1.807) is 6.07 Å². The lowest BCUT2D eigenvalue weighted by atomic mass is 9.85. The highest BCUT2D eigenvalue weighted by atomic mass is 16.3. The summed E-state index contributed by atoms with van der Waals surface area (Å²) in [5, 5.41) is 7.96. The third-order valence-electron chi connectivity index (χ3n) is 5.56. The van der Waals surface area contributed by atoms with E-state index in [2.05, 4.69) is 53.6 Å². The van der Waals surface area contributed by atoms with Gasteiger partial charge in [0, 0.05) is 30.8 Å². The summed E-state index contributed by atoms with van der Waals surface area (Å²) < 4.78 is 5.09. The Labute approximate surface area is 169 Å². The first-order valence-electron chi connectivity index (χ1n) is 9.78. The van der Waals surface area contributed by atoms with Crippen LogP contribution in [-0.4, -0.2) is 27.5 Å². The number of aromatic amines is 1. The van der Waals surface area contributed by atoms with Crippen molar-refractivity contribution < 1.29 is 9.21 Å². The lowest BCUT2D eigenvalue weighted by molar-refractivity contribution is 0.0733. The minimum Gasteiger partial charge on any atom is -0.472 e. The molecule has 1 aliphatic heterocycles. The van der Waals surface area contributed by atoms with Crippen molar-refractivity contribution in [3.05, 3.63) is 113 Å². The number of rotatable bonds is 4. The van der Waals surface area contributed by atoms with Gasteiger partial charge < -0.3 is 9.32 Å². The van der Waals surface area contributed by atoms with Gasteiger partial charge in [-0.3, -0.25) is 9.89 Å². The van der Waals surface area contributed by atoms with Gasteiger partial charge in [0.05, 0.1) is 23.4 Å². The number of H-pyrrole nitrogens is 1. The Morgan fingerprint density at radius 2 is 1.69 bits per heavy atom. The number of nitrogens with one attached hydrogen (secondary N) is 1. The molecule has 144 valence electrons. The maximum atomic E-state index is 12.8. The highest BCUT2D eigenvalue weighted by Gasteiger charge is 2.30. The largest absolute Gasteiger partial charge is 0.472 e. The molecule has 3 heterocycles. The van der Waals surface area contributed by atoms with Gasteiger partial charge in [-0.05, 0) is 17.2 Å². The zero-order chi connectivity index (χ0) is 19.6. The molecular weight excluding hydrogens is 362 g/mol. The molecule has 2 aromatic heterocycles. The molecule has 5 heteroatoms. The number of fused-ring (bicyclic) bond motifs is 1. The average molecular weight is 383 g/mol. The Bertz CT molecular complexity index is 1060. The first-order valence-corrected chi connectivity index (χ1v) is 9.78. The van der Waals surface area contributed by atoms with Crippen LogP contribution in [-0.2, 0) is 13.0 Å². The molecule has 0 radical (unpaired) electrons. The number of aromatic nitrogens is 2. The number of hydrogen-bond acceptors (Lipinski definition) is 3. The molecule has 0 atom stereocenters.